The molecule has 0 aliphatic carbocycles. The fourth-order valence-corrected chi connectivity index (χ4v) is 2.80. The third-order valence-corrected chi connectivity index (χ3v) is 4.72. The molecule has 0 heterocycles. The molecule has 0 bridgehead atoms. The van der Waals surface area contributed by atoms with Gasteiger partial charge in [0.15, 0.2) is 5.78 Å². The van der Waals surface area contributed by atoms with Gasteiger partial charge in [-0.2, -0.15) is 0 Å². The zero-order valence-electron chi connectivity index (χ0n) is 19.3. The first kappa shape index (κ1) is 27.0. The van der Waals surface area contributed by atoms with E-state index in [1.54, 1.807) is 55.5 Å². The minimum Gasteiger partial charge on any atom is -0.423 e. The van der Waals surface area contributed by atoms with E-state index in [1.807, 2.05) is 72.8 Å². The number of esters is 1. The molecule has 0 radical (unpaired) electrons. The van der Waals surface area contributed by atoms with E-state index in [0.717, 1.165) is 11.1 Å². The third-order valence-electron chi connectivity index (χ3n) is 4.50. The molecule has 0 N–H and O–H groups in total. The van der Waals surface area contributed by atoms with Gasteiger partial charge in [0.2, 0.25) is 0 Å². The van der Waals surface area contributed by atoms with Gasteiger partial charge < -0.3 is 4.74 Å². The molecule has 4 rings (SSSR count). The Hall–Kier alpha value is -4.28. The van der Waals surface area contributed by atoms with E-state index >= 15 is 0 Å². The van der Waals surface area contributed by atoms with E-state index in [9.17, 15) is 14.4 Å². The van der Waals surface area contributed by atoms with Gasteiger partial charge in [0.1, 0.15) is 5.76 Å². The Morgan fingerprint density at radius 3 is 1.23 bits per heavy atom. The molecule has 35 heavy (non-hydrogen) atoms. The van der Waals surface area contributed by atoms with Crippen LogP contribution < -0.4 is 0 Å². The number of halogens is 1. The molecule has 0 unspecified atom stereocenters. The van der Waals surface area contributed by atoms with Crippen LogP contribution in [0.2, 0.25) is 0 Å². The summed E-state index contributed by atoms with van der Waals surface area (Å²) in [6.45, 7) is 5.31. The van der Waals surface area contributed by atoms with Gasteiger partial charge in [-0.15, -0.1) is 0 Å². The SMILES string of the molecule is C=C(OC(=O)c1ccccc1)c1ccccc1.CC(=O)c1ccccc1.O=C(Cl)c1ccccc1. The number of rotatable bonds is 5. The average molecular weight is 485 g/mol. The lowest BCUT2D eigenvalue weighted by molar-refractivity contribution is 0.0692. The van der Waals surface area contributed by atoms with Crippen molar-refractivity contribution in [1.82, 2.24) is 0 Å². The topological polar surface area (TPSA) is 60.4 Å². The minimum atomic E-state index is -0.407. The third kappa shape index (κ3) is 10.0. The number of carbonyl (C=O) groups is 3. The average Bonchev–Trinajstić information content (AvgIpc) is 2.91. The number of hydrogen-bond donors (Lipinski definition) is 0. The Bertz CT molecular complexity index is 1120. The van der Waals surface area contributed by atoms with Crippen molar-refractivity contribution in [2.24, 2.45) is 0 Å². The van der Waals surface area contributed by atoms with Crippen LogP contribution in [0.3, 0.4) is 0 Å². The molecular weight excluding hydrogens is 460 g/mol. The lowest BCUT2D eigenvalue weighted by atomic mass is 10.2. The van der Waals surface area contributed by atoms with Crippen LogP contribution in [0, 0.1) is 0 Å². The molecule has 0 spiro atoms. The van der Waals surface area contributed by atoms with Crippen molar-refractivity contribution in [3.63, 3.8) is 0 Å². The molecule has 0 aliphatic rings. The largest absolute Gasteiger partial charge is 0.423 e. The molecule has 0 aliphatic heterocycles. The molecule has 5 heteroatoms. The molecule has 0 amide bonds. The fourth-order valence-electron chi connectivity index (χ4n) is 2.67. The highest BCUT2D eigenvalue weighted by Crippen LogP contribution is 2.15. The van der Waals surface area contributed by atoms with Crippen LogP contribution in [0.25, 0.3) is 5.76 Å². The standard InChI is InChI=1S/C15H12O2.C8H8O.C7H5ClO/c1-12(13-8-4-2-5-9-13)17-15(16)14-10-6-3-7-11-14;1-7(9)8-5-3-2-4-6-8;8-7(9)6-4-2-1-3-5-6/h2-11H,1H2;2-6H,1H3;1-5H. The lowest BCUT2D eigenvalue weighted by Crippen LogP contribution is -2.03. The molecule has 0 saturated carbocycles. The predicted molar refractivity (Wildman–Crippen MR) is 140 cm³/mol. The summed E-state index contributed by atoms with van der Waals surface area (Å²) in [6.07, 6.45) is 0. The van der Waals surface area contributed by atoms with Gasteiger partial charge in [0.05, 0.1) is 5.56 Å². The first-order chi connectivity index (χ1) is 16.9. The lowest BCUT2D eigenvalue weighted by Gasteiger charge is -2.07. The van der Waals surface area contributed by atoms with Crippen LogP contribution in [-0.2, 0) is 4.74 Å². The molecular formula is C30H25ClO4. The normalized spacial score (nSPS) is 9.31. The number of ketones is 1. The van der Waals surface area contributed by atoms with E-state index in [2.05, 4.69) is 6.58 Å². The highest BCUT2D eigenvalue weighted by Gasteiger charge is 2.09. The van der Waals surface area contributed by atoms with Gasteiger partial charge in [-0.3, -0.25) is 9.59 Å². The number of benzene rings is 4. The minimum absolute atomic E-state index is 0.121. The summed E-state index contributed by atoms with van der Waals surface area (Å²) >= 11 is 5.16. The molecule has 0 aromatic heterocycles. The van der Waals surface area contributed by atoms with Gasteiger partial charge in [-0.25, -0.2) is 4.79 Å². The molecule has 0 atom stereocenters. The van der Waals surface area contributed by atoms with Crippen LogP contribution in [0.15, 0.2) is 128 Å². The summed E-state index contributed by atoms with van der Waals surface area (Å²) in [6, 6.07) is 36.2. The summed E-state index contributed by atoms with van der Waals surface area (Å²) in [4.78, 5) is 32.8. The van der Waals surface area contributed by atoms with Crippen LogP contribution in [0.4, 0.5) is 0 Å². The predicted octanol–water partition coefficient (Wildman–Crippen LogP) is 7.47. The van der Waals surface area contributed by atoms with Crippen molar-refractivity contribution < 1.29 is 19.1 Å². The summed E-state index contributed by atoms with van der Waals surface area (Å²) in [5, 5.41) is -0.407. The van der Waals surface area contributed by atoms with Gasteiger partial charge in [0, 0.05) is 16.7 Å². The number of Topliss-reactive ketones (excluding diaryl/α,β-unsaturated/α-hetero) is 1. The smallest absolute Gasteiger partial charge is 0.343 e. The van der Waals surface area contributed by atoms with Crippen molar-refractivity contribution >= 4 is 34.4 Å². The number of hydrogen-bond acceptors (Lipinski definition) is 4. The first-order valence-corrected chi connectivity index (χ1v) is 11.1. The quantitative estimate of drug-likeness (QED) is 0.127. The van der Waals surface area contributed by atoms with E-state index in [1.165, 1.54) is 0 Å². The highest BCUT2D eigenvalue weighted by atomic mass is 35.5. The summed E-state index contributed by atoms with van der Waals surface area (Å²) in [7, 11) is 0. The van der Waals surface area contributed by atoms with Gasteiger partial charge in [-0.1, -0.05) is 116 Å². The maximum Gasteiger partial charge on any atom is 0.343 e. The molecule has 0 saturated heterocycles. The van der Waals surface area contributed by atoms with E-state index in [4.69, 9.17) is 16.3 Å². The van der Waals surface area contributed by atoms with Gasteiger partial charge >= 0.3 is 5.97 Å². The fraction of sp³-hybridized carbons (Fsp3) is 0.0333. The van der Waals surface area contributed by atoms with Gasteiger partial charge in [-0.05, 0) is 30.7 Å². The second kappa shape index (κ2) is 14.8. The Morgan fingerprint density at radius 2 is 0.914 bits per heavy atom. The maximum absolute atomic E-state index is 11.7. The van der Waals surface area contributed by atoms with Crippen molar-refractivity contribution in [2.45, 2.75) is 6.92 Å². The summed E-state index contributed by atoms with van der Waals surface area (Å²) in [5.41, 5.74) is 2.64. The Kier molecular flexibility index (Phi) is 11.4. The number of ether oxygens (including phenoxy) is 1. The molecule has 4 aromatic carbocycles. The number of carbonyl (C=O) groups excluding carboxylic acids is 3. The summed E-state index contributed by atoms with van der Waals surface area (Å²) in [5.74, 6) is 0.0921. The monoisotopic (exact) mass is 484 g/mol. The van der Waals surface area contributed by atoms with Crippen molar-refractivity contribution in [3.8, 4) is 0 Å². The van der Waals surface area contributed by atoms with E-state index in [-0.39, 0.29) is 11.8 Å². The van der Waals surface area contributed by atoms with Crippen LogP contribution in [0.5, 0.6) is 0 Å². The van der Waals surface area contributed by atoms with E-state index < -0.39 is 5.24 Å². The molecule has 4 nitrogen and oxygen atoms in total. The summed E-state index contributed by atoms with van der Waals surface area (Å²) < 4.78 is 5.19. The van der Waals surface area contributed by atoms with E-state index in [0.29, 0.717) is 16.9 Å². The van der Waals surface area contributed by atoms with Crippen molar-refractivity contribution in [2.75, 3.05) is 0 Å². The Morgan fingerprint density at radius 1 is 0.571 bits per heavy atom. The highest BCUT2D eigenvalue weighted by molar-refractivity contribution is 6.67. The van der Waals surface area contributed by atoms with Crippen LogP contribution >= 0.6 is 11.6 Å². The van der Waals surface area contributed by atoms with Crippen LogP contribution in [-0.4, -0.2) is 17.0 Å². The second-order valence-corrected chi connectivity index (χ2v) is 7.45. The van der Waals surface area contributed by atoms with Gasteiger partial charge in [0.25, 0.3) is 5.24 Å². The molecule has 0 fully saturated rings. The zero-order chi connectivity index (χ0) is 25.5. The Balaban J connectivity index is 0.000000203. The van der Waals surface area contributed by atoms with Crippen LogP contribution in [0.1, 0.15) is 43.6 Å². The second-order valence-electron chi connectivity index (χ2n) is 7.11. The first-order valence-electron chi connectivity index (χ1n) is 10.7. The zero-order valence-corrected chi connectivity index (χ0v) is 20.0. The Labute approximate surface area is 210 Å². The molecule has 4 aromatic rings. The van der Waals surface area contributed by atoms with Crippen molar-refractivity contribution in [3.05, 3.63) is 150 Å². The maximum atomic E-state index is 11.7. The molecule has 176 valence electrons. The van der Waals surface area contributed by atoms with Crippen molar-refractivity contribution in [1.29, 1.82) is 0 Å².